The van der Waals surface area contributed by atoms with Gasteiger partial charge in [-0.25, -0.2) is 0 Å². The molecular formula is C11H22N2O. The maximum atomic E-state index is 9.19. The van der Waals surface area contributed by atoms with Gasteiger partial charge in [0.25, 0.3) is 0 Å². The van der Waals surface area contributed by atoms with Gasteiger partial charge in [-0.3, -0.25) is 0 Å². The van der Waals surface area contributed by atoms with E-state index in [1.807, 2.05) is 6.92 Å². The number of aliphatic hydroxyl groups is 1. The van der Waals surface area contributed by atoms with Crippen molar-refractivity contribution >= 4 is 0 Å². The van der Waals surface area contributed by atoms with Crippen molar-refractivity contribution in [2.24, 2.45) is 0 Å². The van der Waals surface area contributed by atoms with Gasteiger partial charge in [0, 0.05) is 25.2 Å². The smallest absolute Gasteiger partial charge is 0.0524 e. The van der Waals surface area contributed by atoms with Crippen LogP contribution in [0.25, 0.3) is 0 Å². The van der Waals surface area contributed by atoms with Gasteiger partial charge in [-0.05, 0) is 39.2 Å². The van der Waals surface area contributed by atoms with Crippen molar-refractivity contribution in [1.29, 1.82) is 0 Å². The zero-order valence-corrected chi connectivity index (χ0v) is 9.08. The summed E-state index contributed by atoms with van der Waals surface area (Å²) in [4.78, 5) is 2.47. The second-order valence-electron chi connectivity index (χ2n) is 4.86. The second-order valence-corrected chi connectivity index (χ2v) is 4.86. The Balaban J connectivity index is 1.61. The molecule has 3 heteroatoms. The lowest BCUT2D eigenvalue weighted by Crippen LogP contribution is -2.34. The predicted octanol–water partition coefficient (Wildman–Crippen LogP) is 0.584. The summed E-state index contributed by atoms with van der Waals surface area (Å²) in [6.45, 7) is 5.32. The third kappa shape index (κ3) is 3.23. The predicted molar refractivity (Wildman–Crippen MR) is 57.3 cm³/mol. The van der Waals surface area contributed by atoms with Crippen molar-refractivity contribution in [3.63, 3.8) is 0 Å². The molecule has 2 rings (SSSR count). The summed E-state index contributed by atoms with van der Waals surface area (Å²) in [6, 6.07) is 1.55. The molecule has 82 valence electrons. The summed E-state index contributed by atoms with van der Waals surface area (Å²) in [7, 11) is 0. The van der Waals surface area contributed by atoms with Gasteiger partial charge in [-0.2, -0.15) is 0 Å². The van der Waals surface area contributed by atoms with Crippen molar-refractivity contribution in [3.8, 4) is 0 Å². The Hall–Kier alpha value is -0.120. The van der Waals surface area contributed by atoms with Crippen LogP contribution in [0.2, 0.25) is 0 Å². The molecule has 1 saturated carbocycles. The van der Waals surface area contributed by atoms with E-state index in [1.165, 1.54) is 32.4 Å². The molecule has 2 fully saturated rings. The summed E-state index contributed by atoms with van der Waals surface area (Å²) >= 11 is 0. The van der Waals surface area contributed by atoms with E-state index in [4.69, 9.17) is 0 Å². The average Bonchev–Trinajstić information content (AvgIpc) is 2.81. The van der Waals surface area contributed by atoms with Gasteiger partial charge in [0.1, 0.15) is 0 Å². The zero-order chi connectivity index (χ0) is 9.97. The molecule has 0 amide bonds. The lowest BCUT2D eigenvalue weighted by molar-refractivity contribution is 0.163. The van der Waals surface area contributed by atoms with Gasteiger partial charge < -0.3 is 15.3 Å². The van der Waals surface area contributed by atoms with Gasteiger partial charge in [0.15, 0.2) is 0 Å². The van der Waals surface area contributed by atoms with Gasteiger partial charge in [-0.15, -0.1) is 0 Å². The molecule has 0 spiro atoms. The summed E-state index contributed by atoms with van der Waals surface area (Å²) < 4.78 is 0. The van der Waals surface area contributed by atoms with Gasteiger partial charge in [-0.1, -0.05) is 0 Å². The maximum absolute atomic E-state index is 9.19. The summed E-state index contributed by atoms with van der Waals surface area (Å²) in [6.07, 6.45) is 4.81. The summed E-state index contributed by atoms with van der Waals surface area (Å²) in [5.74, 6) is 0. The first-order valence-corrected chi connectivity index (χ1v) is 5.90. The number of hydrogen-bond donors (Lipinski definition) is 2. The Morgan fingerprint density at radius 2 is 2.14 bits per heavy atom. The Kier molecular flexibility index (Phi) is 3.42. The molecule has 2 N–H and O–H groups in total. The molecule has 1 saturated heterocycles. The molecule has 0 bridgehead atoms. The van der Waals surface area contributed by atoms with E-state index in [2.05, 4.69) is 10.2 Å². The molecule has 2 aliphatic rings. The Labute approximate surface area is 86.5 Å². The minimum absolute atomic E-state index is 0.148. The number of likely N-dealkylation sites (tertiary alicyclic amines) is 1. The van der Waals surface area contributed by atoms with Crippen LogP contribution in [-0.2, 0) is 0 Å². The van der Waals surface area contributed by atoms with E-state index >= 15 is 0 Å². The van der Waals surface area contributed by atoms with Crippen LogP contribution in [-0.4, -0.2) is 47.8 Å². The minimum Gasteiger partial charge on any atom is -0.393 e. The standard InChI is InChI=1S/C11H22N2O/c1-9(14)4-6-13-7-5-11(8-13)12-10-2-3-10/h9-12,14H,2-8H2,1H3. The van der Waals surface area contributed by atoms with Crippen molar-refractivity contribution in [2.75, 3.05) is 19.6 Å². The molecule has 1 heterocycles. The van der Waals surface area contributed by atoms with Crippen LogP contribution in [0.1, 0.15) is 32.6 Å². The highest BCUT2D eigenvalue weighted by atomic mass is 16.3. The SMILES string of the molecule is CC(O)CCN1CCC(NC2CC2)C1. The van der Waals surface area contributed by atoms with Crippen molar-refractivity contribution < 1.29 is 5.11 Å². The van der Waals surface area contributed by atoms with Crippen LogP contribution in [0, 0.1) is 0 Å². The van der Waals surface area contributed by atoms with Crippen LogP contribution in [0.15, 0.2) is 0 Å². The van der Waals surface area contributed by atoms with Gasteiger partial charge in [0.05, 0.1) is 6.10 Å². The van der Waals surface area contributed by atoms with Crippen LogP contribution in [0.5, 0.6) is 0 Å². The molecule has 3 nitrogen and oxygen atoms in total. The number of rotatable bonds is 5. The Morgan fingerprint density at radius 3 is 2.79 bits per heavy atom. The van der Waals surface area contributed by atoms with E-state index in [-0.39, 0.29) is 6.10 Å². The first-order chi connectivity index (χ1) is 6.74. The molecular weight excluding hydrogens is 176 g/mol. The first kappa shape index (κ1) is 10.4. The fraction of sp³-hybridized carbons (Fsp3) is 1.00. The quantitative estimate of drug-likeness (QED) is 0.678. The fourth-order valence-corrected chi connectivity index (χ4v) is 2.12. The number of aliphatic hydroxyl groups excluding tert-OH is 1. The van der Waals surface area contributed by atoms with Crippen LogP contribution >= 0.6 is 0 Å². The molecule has 0 radical (unpaired) electrons. The molecule has 2 unspecified atom stereocenters. The average molecular weight is 198 g/mol. The molecule has 0 aromatic carbocycles. The number of nitrogens with zero attached hydrogens (tertiary/aromatic N) is 1. The highest BCUT2D eigenvalue weighted by molar-refractivity contribution is 4.89. The normalized spacial score (nSPS) is 30.9. The largest absolute Gasteiger partial charge is 0.393 e. The zero-order valence-electron chi connectivity index (χ0n) is 9.08. The van der Waals surface area contributed by atoms with Crippen molar-refractivity contribution in [2.45, 2.75) is 50.8 Å². The maximum Gasteiger partial charge on any atom is 0.0524 e. The van der Waals surface area contributed by atoms with E-state index in [9.17, 15) is 5.11 Å². The minimum atomic E-state index is -0.148. The molecule has 1 aliphatic heterocycles. The summed E-state index contributed by atoms with van der Waals surface area (Å²) in [5.41, 5.74) is 0. The first-order valence-electron chi connectivity index (χ1n) is 5.90. The lowest BCUT2D eigenvalue weighted by Gasteiger charge is -2.17. The molecule has 0 aromatic heterocycles. The van der Waals surface area contributed by atoms with Crippen LogP contribution in [0.3, 0.4) is 0 Å². The molecule has 14 heavy (non-hydrogen) atoms. The second kappa shape index (κ2) is 4.60. The van der Waals surface area contributed by atoms with Crippen molar-refractivity contribution in [1.82, 2.24) is 10.2 Å². The van der Waals surface area contributed by atoms with Gasteiger partial charge >= 0.3 is 0 Å². The third-order valence-electron chi connectivity index (χ3n) is 3.18. The van der Waals surface area contributed by atoms with E-state index in [0.717, 1.165) is 25.0 Å². The lowest BCUT2D eigenvalue weighted by atomic mass is 10.2. The van der Waals surface area contributed by atoms with Crippen LogP contribution in [0.4, 0.5) is 0 Å². The Bertz CT molecular complexity index is 180. The Morgan fingerprint density at radius 1 is 1.36 bits per heavy atom. The van der Waals surface area contributed by atoms with Gasteiger partial charge in [0.2, 0.25) is 0 Å². The fourth-order valence-electron chi connectivity index (χ4n) is 2.12. The molecule has 1 aliphatic carbocycles. The number of nitrogens with one attached hydrogen (secondary N) is 1. The van der Waals surface area contributed by atoms with E-state index in [1.54, 1.807) is 0 Å². The topological polar surface area (TPSA) is 35.5 Å². The monoisotopic (exact) mass is 198 g/mol. The van der Waals surface area contributed by atoms with Crippen molar-refractivity contribution in [3.05, 3.63) is 0 Å². The molecule has 0 aromatic rings. The van der Waals surface area contributed by atoms with Crippen LogP contribution < -0.4 is 5.32 Å². The molecule has 2 atom stereocenters. The summed E-state index contributed by atoms with van der Waals surface area (Å²) in [5, 5.41) is 12.9. The van der Waals surface area contributed by atoms with E-state index < -0.39 is 0 Å². The van der Waals surface area contributed by atoms with E-state index in [0.29, 0.717) is 0 Å². The highest BCUT2D eigenvalue weighted by Crippen LogP contribution is 2.21. The number of hydrogen-bond acceptors (Lipinski definition) is 3. The third-order valence-corrected chi connectivity index (χ3v) is 3.18. The highest BCUT2D eigenvalue weighted by Gasteiger charge is 2.28.